The molecule has 9 heteroatoms. The van der Waals surface area contributed by atoms with Gasteiger partial charge in [0.05, 0.1) is 18.6 Å². The Morgan fingerprint density at radius 2 is 1.82 bits per heavy atom. The van der Waals surface area contributed by atoms with Crippen molar-refractivity contribution in [3.63, 3.8) is 0 Å². The van der Waals surface area contributed by atoms with Crippen LogP contribution in [0.3, 0.4) is 0 Å². The van der Waals surface area contributed by atoms with Gasteiger partial charge in [0.25, 0.3) is 11.8 Å². The number of hydrogen-bond acceptors (Lipinski definition) is 7. The Hall–Kier alpha value is -4.66. The van der Waals surface area contributed by atoms with Crippen molar-refractivity contribution in [1.82, 2.24) is 5.32 Å². The molecule has 4 amide bonds. The Morgan fingerprint density at radius 3 is 2.50 bits per heavy atom. The van der Waals surface area contributed by atoms with Crippen molar-refractivity contribution in [3.8, 4) is 11.5 Å². The third kappa shape index (κ3) is 4.58. The van der Waals surface area contributed by atoms with Gasteiger partial charge in [-0.2, -0.15) is 0 Å². The van der Waals surface area contributed by atoms with Gasteiger partial charge in [-0.05, 0) is 61.9 Å². The van der Waals surface area contributed by atoms with Crippen LogP contribution in [0.2, 0.25) is 0 Å². The number of esters is 1. The van der Waals surface area contributed by atoms with E-state index in [2.05, 4.69) is 5.32 Å². The zero-order chi connectivity index (χ0) is 24.2. The molecule has 2 heterocycles. The van der Waals surface area contributed by atoms with Crippen molar-refractivity contribution in [2.24, 2.45) is 0 Å². The molecule has 34 heavy (non-hydrogen) atoms. The number of aryl methyl sites for hydroxylation is 1. The topological polar surface area (TPSA) is 115 Å². The number of benzene rings is 2. The highest BCUT2D eigenvalue weighted by molar-refractivity contribution is 6.39. The lowest BCUT2D eigenvalue weighted by Crippen LogP contribution is -2.54. The highest BCUT2D eigenvalue weighted by Crippen LogP contribution is 2.31. The van der Waals surface area contributed by atoms with Gasteiger partial charge in [0.1, 0.15) is 5.57 Å². The molecule has 0 aliphatic carbocycles. The predicted octanol–water partition coefficient (Wildman–Crippen LogP) is 3.87. The predicted molar refractivity (Wildman–Crippen MR) is 121 cm³/mol. The summed E-state index contributed by atoms with van der Waals surface area (Å²) < 4.78 is 16.0. The minimum atomic E-state index is -0.828. The normalized spacial score (nSPS) is 14.8. The minimum Gasteiger partial charge on any atom is -0.490 e. The molecule has 1 N–H and O–H groups in total. The summed E-state index contributed by atoms with van der Waals surface area (Å²) in [5.74, 6) is -1.88. The fraction of sp³-hybridized carbons (Fsp3) is 0.120. The first kappa shape index (κ1) is 22.5. The Morgan fingerprint density at radius 1 is 1.06 bits per heavy atom. The fourth-order valence-electron chi connectivity index (χ4n) is 3.26. The van der Waals surface area contributed by atoms with E-state index >= 15 is 0 Å². The summed E-state index contributed by atoms with van der Waals surface area (Å²) in [6, 6.07) is 13.5. The van der Waals surface area contributed by atoms with Crippen LogP contribution >= 0.6 is 0 Å². The Labute approximate surface area is 194 Å². The van der Waals surface area contributed by atoms with Crippen molar-refractivity contribution >= 4 is 35.6 Å². The first-order valence-corrected chi connectivity index (χ1v) is 10.4. The molecule has 0 spiro atoms. The summed E-state index contributed by atoms with van der Waals surface area (Å²) in [5.41, 5.74) is 1.49. The lowest BCUT2D eigenvalue weighted by atomic mass is 10.1. The van der Waals surface area contributed by atoms with Crippen molar-refractivity contribution in [3.05, 3.63) is 83.3 Å². The van der Waals surface area contributed by atoms with Crippen molar-refractivity contribution in [2.45, 2.75) is 13.8 Å². The van der Waals surface area contributed by atoms with Crippen LogP contribution in [0.25, 0.3) is 6.08 Å². The van der Waals surface area contributed by atoms with E-state index in [0.717, 1.165) is 10.5 Å². The van der Waals surface area contributed by atoms with Crippen LogP contribution in [-0.2, 0) is 9.59 Å². The number of furan rings is 1. The van der Waals surface area contributed by atoms with Gasteiger partial charge in [0.2, 0.25) is 5.76 Å². The number of urea groups is 1. The number of hydrogen-bond donors (Lipinski definition) is 1. The zero-order valence-corrected chi connectivity index (χ0v) is 18.4. The Bertz CT molecular complexity index is 1290. The lowest BCUT2D eigenvalue weighted by molar-refractivity contribution is -0.122. The molecular formula is C25H20N2O7. The second-order valence-corrected chi connectivity index (χ2v) is 7.30. The molecule has 0 unspecified atom stereocenters. The molecule has 1 aliphatic heterocycles. The number of anilines is 1. The number of carbonyl (C=O) groups is 4. The van der Waals surface area contributed by atoms with E-state index < -0.39 is 23.8 Å². The van der Waals surface area contributed by atoms with Gasteiger partial charge in [0, 0.05) is 0 Å². The summed E-state index contributed by atoms with van der Waals surface area (Å²) in [7, 11) is 0. The maximum atomic E-state index is 13.1. The molecule has 9 nitrogen and oxygen atoms in total. The number of nitrogens with zero attached hydrogens (tertiary/aromatic N) is 1. The SMILES string of the molecule is CCOc1cc(/C=C2\C(=O)NC(=O)N(c3ccc(C)cc3)C2=O)ccc1OC(=O)c1ccco1. The summed E-state index contributed by atoms with van der Waals surface area (Å²) in [6.07, 6.45) is 2.69. The first-order chi connectivity index (χ1) is 16.4. The van der Waals surface area contributed by atoms with Crippen molar-refractivity contribution in [1.29, 1.82) is 0 Å². The molecule has 1 saturated heterocycles. The highest BCUT2D eigenvalue weighted by Gasteiger charge is 2.36. The van der Waals surface area contributed by atoms with Gasteiger partial charge >= 0.3 is 12.0 Å². The van der Waals surface area contributed by atoms with E-state index in [0.29, 0.717) is 11.3 Å². The molecule has 1 aliphatic rings. The van der Waals surface area contributed by atoms with Gasteiger partial charge in [0.15, 0.2) is 11.5 Å². The molecule has 4 rings (SSSR count). The molecule has 0 bridgehead atoms. The highest BCUT2D eigenvalue weighted by atomic mass is 16.6. The van der Waals surface area contributed by atoms with Gasteiger partial charge in [-0.25, -0.2) is 14.5 Å². The van der Waals surface area contributed by atoms with Gasteiger partial charge in [-0.15, -0.1) is 0 Å². The number of imide groups is 2. The summed E-state index contributed by atoms with van der Waals surface area (Å²) >= 11 is 0. The third-order valence-corrected chi connectivity index (χ3v) is 4.90. The molecule has 0 radical (unpaired) electrons. The van der Waals surface area contributed by atoms with Crippen LogP contribution < -0.4 is 19.7 Å². The van der Waals surface area contributed by atoms with E-state index in [-0.39, 0.29) is 29.4 Å². The molecule has 1 fully saturated rings. The smallest absolute Gasteiger partial charge is 0.379 e. The molecule has 0 atom stereocenters. The number of ether oxygens (including phenoxy) is 2. The third-order valence-electron chi connectivity index (χ3n) is 4.90. The Kier molecular flexibility index (Phi) is 6.26. The number of rotatable bonds is 6. The largest absolute Gasteiger partial charge is 0.490 e. The van der Waals surface area contributed by atoms with Crippen molar-refractivity contribution in [2.75, 3.05) is 11.5 Å². The average molecular weight is 460 g/mol. The monoisotopic (exact) mass is 460 g/mol. The van der Waals surface area contributed by atoms with Gasteiger partial charge in [-0.3, -0.25) is 14.9 Å². The number of nitrogens with one attached hydrogen (secondary N) is 1. The molecular weight excluding hydrogens is 440 g/mol. The van der Waals surface area contributed by atoms with Crippen LogP contribution in [0.15, 0.2) is 70.9 Å². The van der Waals surface area contributed by atoms with Crippen molar-refractivity contribution < 1.29 is 33.1 Å². The quantitative estimate of drug-likeness (QED) is 0.257. The second kappa shape index (κ2) is 9.45. The molecule has 172 valence electrons. The second-order valence-electron chi connectivity index (χ2n) is 7.30. The van der Waals surface area contributed by atoms with Gasteiger partial charge in [-0.1, -0.05) is 23.8 Å². The van der Waals surface area contributed by atoms with Crippen LogP contribution in [0.1, 0.15) is 28.6 Å². The summed E-state index contributed by atoms with van der Waals surface area (Å²) in [5, 5.41) is 2.18. The van der Waals surface area contributed by atoms with E-state index in [1.807, 2.05) is 6.92 Å². The van der Waals surface area contributed by atoms with Gasteiger partial charge < -0.3 is 13.9 Å². The van der Waals surface area contributed by atoms with Crippen LogP contribution in [0.5, 0.6) is 11.5 Å². The standard InChI is InChI=1S/C25H20N2O7/c1-3-32-21-14-16(8-11-19(21)34-24(30)20-5-4-12-33-20)13-18-22(28)26-25(31)27(23(18)29)17-9-6-15(2)7-10-17/h4-14H,3H2,1-2H3,(H,26,28,31)/b18-13+. The van der Waals surface area contributed by atoms with Crippen LogP contribution in [0.4, 0.5) is 10.5 Å². The first-order valence-electron chi connectivity index (χ1n) is 10.4. The number of amides is 4. The lowest BCUT2D eigenvalue weighted by Gasteiger charge is -2.26. The minimum absolute atomic E-state index is 0.0268. The number of carbonyl (C=O) groups excluding carboxylic acids is 4. The van der Waals surface area contributed by atoms with E-state index in [1.54, 1.807) is 43.3 Å². The van der Waals surface area contributed by atoms with Crippen LogP contribution in [-0.4, -0.2) is 30.4 Å². The zero-order valence-electron chi connectivity index (χ0n) is 18.4. The maximum Gasteiger partial charge on any atom is 0.379 e. The fourth-order valence-corrected chi connectivity index (χ4v) is 3.26. The van der Waals surface area contributed by atoms with E-state index in [1.165, 1.54) is 30.5 Å². The molecule has 0 saturated carbocycles. The molecule has 3 aromatic rings. The Balaban J connectivity index is 1.64. The number of barbiturate groups is 1. The van der Waals surface area contributed by atoms with Crippen LogP contribution in [0, 0.1) is 6.92 Å². The maximum absolute atomic E-state index is 13.1. The van der Waals surface area contributed by atoms with E-state index in [9.17, 15) is 19.2 Å². The summed E-state index contributed by atoms with van der Waals surface area (Å²) in [6.45, 7) is 3.91. The molecule has 2 aromatic carbocycles. The summed E-state index contributed by atoms with van der Waals surface area (Å²) in [4.78, 5) is 51.0. The molecule has 1 aromatic heterocycles. The van der Waals surface area contributed by atoms with E-state index in [4.69, 9.17) is 13.9 Å². The average Bonchev–Trinajstić information content (AvgIpc) is 3.35.